The Morgan fingerprint density at radius 1 is 1.45 bits per heavy atom. The summed E-state index contributed by atoms with van der Waals surface area (Å²) in [5, 5.41) is 3.11. The van der Waals surface area contributed by atoms with Crippen molar-refractivity contribution in [3.05, 3.63) is 23.5 Å². The molecule has 1 rings (SSSR count). The molecule has 0 radical (unpaired) electrons. The molecule has 62 valence electrons. The Balaban J connectivity index is 2.59. The number of nitrogens with one attached hydrogen (secondary N) is 1. The predicted molar refractivity (Wildman–Crippen MR) is 46.3 cm³/mol. The van der Waals surface area contributed by atoms with Crippen LogP contribution < -0.4 is 5.32 Å². The summed E-state index contributed by atoms with van der Waals surface area (Å²) >= 11 is 0. The highest BCUT2D eigenvalue weighted by molar-refractivity contribution is 5.29. The van der Waals surface area contributed by atoms with Crippen molar-refractivity contribution < 1.29 is 4.74 Å². The topological polar surface area (TPSA) is 21.3 Å². The molecule has 0 atom stereocenters. The average Bonchev–Trinajstić information content (AvgIpc) is 2.06. The molecule has 0 amide bonds. The Hall–Kier alpha value is -0.760. The molecule has 0 aliphatic heterocycles. The zero-order chi connectivity index (χ0) is 8.10. The van der Waals surface area contributed by atoms with E-state index in [2.05, 4.69) is 17.5 Å². The van der Waals surface area contributed by atoms with Crippen LogP contribution in [-0.4, -0.2) is 20.7 Å². The molecule has 2 nitrogen and oxygen atoms in total. The van der Waals surface area contributed by atoms with Gasteiger partial charge >= 0.3 is 0 Å². The molecule has 0 heterocycles. The summed E-state index contributed by atoms with van der Waals surface area (Å²) in [5.74, 6) is 1.03. The maximum Gasteiger partial charge on any atom is 0.119 e. The number of hydrogen-bond donors (Lipinski definition) is 1. The predicted octanol–water partition coefficient (Wildman–Crippen LogP) is 1.46. The van der Waals surface area contributed by atoms with Gasteiger partial charge in [-0.3, -0.25) is 0 Å². The van der Waals surface area contributed by atoms with E-state index in [1.54, 1.807) is 7.11 Å². The third-order valence-electron chi connectivity index (χ3n) is 1.79. The molecule has 0 saturated heterocycles. The smallest absolute Gasteiger partial charge is 0.119 e. The van der Waals surface area contributed by atoms with Gasteiger partial charge in [-0.15, -0.1) is 0 Å². The van der Waals surface area contributed by atoms with E-state index in [0.29, 0.717) is 0 Å². The largest absolute Gasteiger partial charge is 0.497 e. The van der Waals surface area contributed by atoms with E-state index in [9.17, 15) is 0 Å². The van der Waals surface area contributed by atoms with E-state index in [4.69, 9.17) is 4.74 Å². The number of methoxy groups -OCH3 is 1. The monoisotopic (exact) mass is 153 g/mol. The third kappa shape index (κ3) is 2.09. The van der Waals surface area contributed by atoms with Crippen molar-refractivity contribution in [3.8, 4) is 0 Å². The maximum atomic E-state index is 5.21. The van der Waals surface area contributed by atoms with E-state index in [-0.39, 0.29) is 0 Å². The molecule has 0 bridgehead atoms. The van der Waals surface area contributed by atoms with Crippen molar-refractivity contribution in [2.75, 3.05) is 20.7 Å². The molecule has 11 heavy (non-hydrogen) atoms. The maximum absolute atomic E-state index is 5.21. The standard InChI is InChI=1S/C9H15NO/c1-10-7-8-5-3-4-6-9(8)11-2/h5-6,10H,3-4,7H2,1-2H3. The molecule has 0 unspecified atom stereocenters. The van der Waals surface area contributed by atoms with Gasteiger partial charge in [0, 0.05) is 12.1 Å². The van der Waals surface area contributed by atoms with Crippen LogP contribution in [0.2, 0.25) is 0 Å². The molecule has 1 N–H and O–H groups in total. The normalized spacial score (nSPS) is 17.3. The van der Waals surface area contributed by atoms with E-state index in [1.165, 1.54) is 5.57 Å². The summed E-state index contributed by atoms with van der Waals surface area (Å²) in [6.07, 6.45) is 6.63. The first-order valence-electron chi connectivity index (χ1n) is 3.96. The molecular formula is C9H15NO. The molecule has 0 spiro atoms. The van der Waals surface area contributed by atoms with E-state index in [1.807, 2.05) is 7.05 Å². The minimum Gasteiger partial charge on any atom is -0.497 e. The molecular weight excluding hydrogens is 138 g/mol. The van der Waals surface area contributed by atoms with Crippen molar-refractivity contribution in [1.29, 1.82) is 0 Å². The Labute approximate surface area is 67.9 Å². The molecule has 0 fully saturated rings. The number of ether oxygens (including phenoxy) is 1. The fourth-order valence-electron chi connectivity index (χ4n) is 1.27. The zero-order valence-corrected chi connectivity index (χ0v) is 7.18. The molecule has 0 aromatic carbocycles. The van der Waals surface area contributed by atoms with Gasteiger partial charge in [0.05, 0.1) is 7.11 Å². The van der Waals surface area contributed by atoms with Crippen LogP contribution in [0.1, 0.15) is 12.8 Å². The van der Waals surface area contributed by atoms with E-state index < -0.39 is 0 Å². The number of likely N-dealkylation sites (N-methyl/N-ethyl adjacent to an activating group) is 1. The Morgan fingerprint density at radius 2 is 2.18 bits per heavy atom. The lowest BCUT2D eigenvalue weighted by atomic mass is 10.1. The van der Waals surface area contributed by atoms with Gasteiger partial charge in [0.1, 0.15) is 5.76 Å². The molecule has 1 aliphatic rings. The first kappa shape index (κ1) is 8.34. The van der Waals surface area contributed by atoms with Crippen LogP contribution in [0.3, 0.4) is 0 Å². The van der Waals surface area contributed by atoms with Crippen LogP contribution in [0.5, 0.6) is 0 Å². The highest BCUT2D eigenvalue weighted by atomic mass is 16.5. The second kappa shape index (κ2) is 4.19. The lowest BCUT2D eigenvalue weighted by Crippen LogP contribution is -2.13. The highest BCUT2D eigenvalue weighted by Crippen LogP contribution is 2.17. The first-order valence-corrected chi connectivity index (χ1v) is 3.96. The van der Waals surface area contributed by atoms with Crippen LogP contribution in [0, 0.1) is 0 Å². The molecule has 0 aromatic heterocycles. The lowest BCUT2D eigenvalue weighted by molar-refractivity contribution is 0.295. The lowest BCUT2D eigenvalue weighted by Gasteiger charge is -2.14. The van der Waals surface area contributed by atoms with Gasteiger partial charge in [-0.2, -0.15) is 0 Å². The van der Waals surface area contributed by atoms with Crippen LogP contribution in [-0.2, 0) is 4.74 Å². The van der Waals surface area contributed by atoms with Gasteiger partial charge in [-0.25, -0.2) is 0 Å². The third-order valence-corrected chi connectivity index (χ3v) is 1.79. The number of rotatable bonds is 3. The van der Waals surface area contributed by atoms with Crippen molar-refractivity contribution in [2.24, 2.45) is 0 Å². The fraction of sp³-hybridized carbons (Fsp3) is 0.556. The van der Waals surface area contributed by atoms with Crippen molar-refractivity contribution >= 4 is 0 Å². The second-order valence-electron chi connectivity index (χ2n) is 2.61. The van der Waals surface area contributed by atoms with Crippen molar-refractivity contribution in [1.82, 2.24) is 5.32 Å². The van der Waals surface area contributed by atoms with Crippen molar-refractivity contribution in [2.45, 2.75) is 12.8 Å². The van der Waals surface area contributed by atoms with Crippen LogP contribution in [0.4, 0.5) is 0 Å². The van der Waals surface area contributed by atoms with Gasteiger partial charge in [-0.05, 0) is 26.0 Å². The van der Waals surface area contributed by atoms with Crippen LogP contribution in [0.25, 0.3) is 0 Å². The van der Waals surface area contributed by atoms with Gasteiger partial charge in [0.25, 0.3) is 0 Å². The van der Waals surface area contributed by atoms with Gasteiger partial charge in [-0.1, -0.05) is 6.08 Å². The van der Waals surface area contributed by atoms with Crippen LogP contribution >= 0.6 is 0 Å². The second-order valence-corrected chi connectivity index (χ2v) is 2.61. The number of hydrogen-bond acceptors (Lipinski definition) is 2. The summed E-state index contributed by atoms with van der Waals surface area (Å²) in [6.45, 7) is 0.902. The van der Waals surface area contributed by atoms with Gasteiger partial charge in [0.15, 0.2) is 0 Å². The Kier molecular flexibility index (Phi) is 3.17. The molecule has 0 saturated carbocycles. The SMILES string of the molecule is CNCC1=CCCC=C1OC. The van der Waals surface area contributed by atoms with Gasteiger partial charge in [0.2, 0.25) is 0 Å². The molecule has 0 aromatic rings. The average molecular weight is 153 g/mol. The highest BCUT2D eigenvalue weighted by Gasteiger charge is 2.06. The Bertz CT molecular complexity index is 182. The summed E-state index contributed by atoms with van der Waals surface area (Å²) in [5.41, 5.74) is 1.28. The first-order chi connectivity index (χ1) is 5.38. The summed E-state index contributed by atoms with van der Waals surface area (Å²) in [4.78, 5) is 0. The molecule has 2 heteroatoms. The zero-order valence-electron chi connectivity index (χ0n) is 7.18. The van der Waals surface area contributed by atoms with Crippen molar-refractivity contribution in [3.63, 3.8) is 0 Å². The van der Waals surface area contributed by atoms with Gasteiger partial charge < -0.3 is 10.1 Å². The summed E-state index contributed by atoms with van der Waals surface area (Å²) < 4.78 is 5.21. The van der Waals surface area contributed by atoms with E-state index in [0.717, 1.165) is 25.1 Å². The summed E-state index contributed by atoms with van der Waals surface area (Å²) in [7, 11) is 3.67. The fourth-order valence-corrected chi connectivity index (χ4v) is 1.27. The molecule has 1 aliphatic carbocycles. The van der Waals surface area contributed by atoms with E-state index >= 15 is 0 Å². The summed E-state index contributed by atoms with van der Waals surface area (Å²) in [6, 6.07) is 0. The van der Waals surface area contributed by atoms with Crippen LogP contribution in [0.15, 0.2) is 23.5 Å². The number of allylic oxidation sites excluding steroid dienone is 2. The minimum absolute atomic E-state index is 0.902. The Morgan fingerprint density at radius 3 is 2.82 bits per heavy atom. The minimum atomic E-state index is 0.902. The quantitative estimate of drug-likeness (QED) is 0.662.